The molecular formula is C20H21Cl2N3O4S. The molecule has 0 radical (unpaired) electrons. The van der Waals surface area contributed by atoms with Crippen molar-refractivity contribution in [2.24, 2.45) is 0 Å². The summed E-state index contributed by atoms with van der Waals surface area (Å²) in [6.07, 6.45) is 1.36. The molecule has 160 valence electrons. The Morgan fingerprint density at radius 3 is 2.80 bits per heavy atom. The molecule has 1 aromatic carbocycles. The lowest BCUT2D eigenvalue weighted by molar-refractivity contribution is -0.119. The van der Waals surface area contributed by atoms with Crippen LogP contribution in [0.5, 0.6) is 0 Å². The van der Waals surface area contributed by atoms with Crippen molar-refractivity contribution in [1.29, 1.82) is 0 Å². The van der Waals surface area contributed by atoms with E-state index in [1.165, 1.54) is 24.0 Å². The number of rotatable bonds is 8. The summed E-state index contributed by atoms with van der Waals surface area (Å²) in [6.45, 7) is 3.26. The quantitative estimate of drug-likeness (QED) is 0.573. The van der Waals surface area contributed by atoms with Crippen LogP contribution in [0.25, 0.3) is 0 Å². The van der Waals surface area contributed by atoms with E-state index >= 15 is 0 Å². The smallest absolute Gasteiger partial charge is 0.354 e. The van der Waals surface area contributed by atoms with Gasteiger partial charge in [0.05, 0.1) is 28.5 Å². The van der Waals surface area contributed by atoms with Crippen LogP contribution in [0.3, 0.4) is 0 Å². The fourth-order valence-electron chi connectivity index (χ4n) is 2.96. The van der Waals surface area contributed by atoms with Crippen LogP contribution in [0.15, 0.2) is 41.4 Å². The van der Waals surface area contributed by atoms with Crippen LogP contribution in [-0.4, -0.2) is 65.0 Å². The monoisotopic (exact) mass is 469 g/mol. The van der Waals surface area contributed by atoms with Gasteiger partial charge >= 0.3 is 5.97 Å². The predicted molar refractivity (Wildman–Crippen MR) is 116 cm³/mol. The molecule has 2 heterocycles. The molecule has 0 spiro atoms. The zero-order chi connectivity index (χ0) is 21.5. The molecule has 0 saturated carbocycles. The van der Waals surface area contributed by atoms with Gasteiger partial charge in [0.25, 0.3) is 0 Å². The van der Waals surface area contributed by atoms with Crippen LogP contribution < -0.4 is 5.32 Å². The first-order valence-electron chi connectivity index (χ1n) is 9.27. The summed E-state index contributed by atoms with van der Waals surface area (Å²) in [5, 5.41) is 12.8. The van der Waals surface area contributed by atoms with Crippen LogP contribution >= 0.6 is 35.0 Å². The number of carboxylic acids is 1. The maximum absolute atomic E-state index is 12.1. The molecule has 1 aliphatic rings. The van der Waals surface area contributed by atoms with Gasteiger partial charge in [0.2, 0.25) is 5.91 Å². The Balaban J connectivity index is 1.40. The lowest BCUT2D eigenvalue weighted by Gasteiger charge is -2.33. The number of carbonyl (C=O) groups is 2. The minimum absolute atomic E-state index is 0.0244. The number of nitrogens with zero attached hydrogens (tertiary/aromatic N) is 2. The number of hydrogen-bond acceptors (Lipinski definition) is 6. The number of ether oxygens (including phenoxy) is 1. The second-order valence-electron chi connectivity index (χ2n) is 6.75. The summed E-state index contributed by atoms with van der Waals surface area (Å²) in [7, 11) is 0. The van der Waals surface area contributed by atoms with Gasteiger partial charge in [-0.15, -0.1) is 11.8 Å². The van der Waals surface area contributed by atoms with E-state index in [0.717, 1.165) is 23.5 Å². The molecule has 3 rings (SSSR count). The summed E-state index contributed by atoms with van der Waals surface area (Å²) in [5.41, 5.74) is 1.05. The molecule has 1 aliphatic heterocycles. The van der Waals surface area contributed by atoms with E-state index in [1.54, 1.807) is 12.1 Å². The first kappa shape index (κ1) is 22.8. The fourth-order valence-corrected chi connectivity index (χ4v) is 3.98. The van der Waals surface area contributed by atoms with E-state index in [1.807, 2.05) is 12.1 Å². The Kier molecular flexibility index (Phi) is 8.35. The molecular weight excluding hydrogens is 449 g/mol. The summed E-state index contributed by atoms with van der Waals surface area (Å²) in [4.78, 5) is 29.8. The Morgan fingerprint density at radius 2 is 2.10 bits per heavy atom. The third kappa shape index (κ3) is 6.85. The second-order valence-corrected chi connectivity index (χ2v) is 8.62. The number of benzene rings is 1. The van der Waals surface area contributed by atoms with Crippen molar-refractivity contribution in [3.63, 3.8) is 0 Å². The molecule has 1 fully saturated rings. The number of carbonyl (C=O) groups excluding carboxylic acids is 1. The summed E-state index contributed by atoms with van der Waals surface area (Å²) >= 11 is 13.4. The van der Waals surface area contributed by atoms with Crippen LogP contribution in [-0.2, 0) is 16.1 Å². The summed E-state index contributed by atoms with van der Waals surface area (Å²) in [5.74, 6) is -0.981. The molecule has 1 aromatic heterocycles. The number of amides is 1. The minimum Gasteiger partial charge on any atom is -0.477 e. The molecule has 1 amide bonds. The molecule has 1 atom stereocenters. The highest BCUT2D eigenvalue weighted by molar-refractivity contribution is 8.00. The van der Waals surface area contributed by atoms with E-state index in [2.05, 4.69) is 15.2 Å². The first-order valence-corrected chi connectivity index (χ1v) is 11.0. The molecule has 7 nitrogen and oxygen atoms in total. The van der Waals surface area contributed by atoms with Gasteiger partial charge < -0.3 is 15.2 Å². The van der Waals surface area contributed by atoms with E-state index in [0.29, 0.717) is 29.7 Å². The largest absolute Gasteiger partial charge is 0.477 e. The van der Waals surface area contributed by atoms with Gasteiger partial charge in [-0.3, -0.25) is 9.69 Å². The number of nitrogens with one attached hydrogen (secondary N) is 1. The Labute approximate surface area is 188 Å². The number of halogens is 2. The lowest BCUT2D eigenvalue weighted by atomic mass is 10.2. The van der Waals surface area contributed by atoms with Crippen molar-refractivity contribution < 1.29 is 19.4 Å². The highest BCUT2D eigenvalue weighted by Gasteiger charge is 2.21. The number of hydrogen-bond donors (Lipinski definition) is 2. The van der Waals surface area contributed by atoms with Crippen molar-refractivity contribution in [2.75, 3.05) is 32.0 Å². The summed E-state index contributed by atoms with van der Waals surface area (Å²) in [6, 6.07) is 8.67. The highest BCUT2D eigenvalue weighted by Crippen LogP contribution is 2.23. The number of morpholine rings is 1. The molecule has 2 N–H and O–H groups in total. The average Bonchev–Trinajstić information content (AvgIpc) is 2.74. The molecule has 30 heavy (non-hydrogen) atoms. The molecule has 1 saturated heterocycles. The number of thioether (sulfide) groups is 1. The zero-order valence-electron chi connectivity index (χ0n) is 16.0. The van der Waals surface area contributed by atoms with Crippen molar-refractivity contribution in [2.45, 2.75) is 17.5 Å². The van der Waals surface area contributed by atoms with Gasteiger partial charge in [-0.05, 0) is 29.8 Å². The van der Waals surface area contributed by atoms with Gasteiger partial charge in [-0.25, -0.2) is 9.78 Å². The fraction of sp³-hybridized carbons (Fsp3) is 0.350. The van der Waals surface area contributed by atoms with Gasteiger partial charge in [0.1, 0.15) is 5.69 Å². The van der Waals surface area contributed by atoms with Gasteiger partial charge in [-0.1, -0.05) is 29.3 Å². The molecule has 10 heteroatoms. The Morgan fingerprint density at radius 1 is 1.27 bits per heavy atom. The van der Waals surface area contributed by atoms with Gasteiger partial charge in [0.15, 0.2) is 0 Å². The SMILES string of the molecule is O=C(CSc1ccc(C(=O)O)nc1)NC[C@H]1CN(Cc2ccc(Cl)c(Cl)c2)CCO1. The maximum atomic E-state index is 12.1. The predicted octanol–water partition coefficient (Wildman–Crippen LogP) is 3.20. The van der Waals surface area contributed by atoms with Gasteiger partial charge in [0, 0.05) is 37.3 Å². The highest BCUT2D eigenvalue weighted by atomic mass is 35.5. The molecule has 0 aliphatic carbocycles. The topological polar surface area (TPSA) is 91.8 Å². The number of aromatic carboxylic acids is 1. The maximum Gasteiger partial charge on any atom is 0.354 e. The van der Waals surface area contributed by atoms with Gasteiger partial charge in [-0.2, -0.15) is 0 Å². The van der Waals surface area contributed by atoms with E-state index in [9.17, 15) is 9.59 Å². The molecule has 0 bridgehead atoms. The van der Waals surface area contributed by atoms with Crippen molar-refractivity contribution in [3.05, 3.63) is 57.8 Å². The average molecular weight is 470 g/mol. The van der Waals surface area contributed by atoms with Crippen molar-refractivity contribution in [3.8, 4) is 0 Å². The summed E-state index contributed by atoms with van der Waals surface area (Å²) < 4.78 is 5.76. The zero-order valence-corrected chi connectivity index (χ0v) is 18.3. The second kappa shape index (κ2) is 11.0. The lowest BCUT2D eigenvalue weighted by Crippen LogP contribution is -2.47. The third-order valence-electron chi connectivity index (χ3n) is 4.47. The minimum atomic E-state index is -1.08. The standard InChI is InChI=1S/C20H21Cl2N3O4S/c21-16-3-1-13(7-17(16)22)10-25-5-6-29-14(11-25)8-24-19(26)12-30-15-2-4-18(20(27)28)23-9-15/h1-4,7,9,14H,5-6,8,10-12H2,(H,24,26)(H,27,28)/t14-/m0/s1. The van der Waals surface area contributed by atoms with E-state index in [4.69, 9.17) is 33.0 Å². The van der Waals surface area contributed by atoms with Crippen molar-refractivity contribution >= 4 is 46.8 Å². The van der Waals surface area contributed by atoms with Crippen LogP contribution in [0.1, 0.15) is 16.1 Å². The van der Waals surface area contributed by atoms with Crippen molar-refractivity contribution in [1.82, 2.24) is 15.2 Å². The van der Waals surface area contributed by atoms with Crippen LogP contribution in [0.2, 0.25) is 10.0 Å². The Bertz CT molecular complexity index is 898. The third-order valence-corrected chi connectivity index (χ3v) is 6.19. The van der Waals surface area contributed by atoms with E-state index < -0.39 is 5.97 Å². The first-order chi connectivity index (χ1) is 14.4. The Hall–Kier alpha value is -1.84. The van der Waals surface area contributed by atoms with E-state index in [-0.39, 0.29) is 23.5 Å². The van der Waals surface area contributed by atoms with Crippen LogP contribution in [0, 0.1) is 0 Å². The molecule has 2 aromatic rings. The molecule has 0 unspecified atom stereocenters. The normalized spacial score (nSPS) is 16.9. The number of aromatic nitrogens is 1. The van der Waals surface area contributed by atoms with Crippen LogP contribution in [0.4, 0.5) is 0 Å². The number of carboxylic acid groups (broad SMARTS) is 1. The number of pyridine rings is 1.